The second kappa shape index (κ2) is 5.50. The molecule has 16 heavy (non-hydrogen) atoms. The second-order valence-electron chi connectivity index (χ2n) is 5.70. The minimum absolute atomic E-state index is 0.0303. The first kappa shape index (κ1) is 12.4. The minimum atomic E-state index is 0.0303. The Morgan fingerprint density at radius 3 is 2.38 bits per heavy atom. The van der Waals surface area contributed by atoms with Crippen LogP contribution in [0, 0.1) is 5.92 Å². The van der Waals surface area contributed by atoms with Gasteiger partial charge in [0.1, 0.15) is 0 Å². The summed E-state index contributed by atoms with van der Waals surface area (Å²) >= 11 is 0. The van der Waals surface area contributed by atoms with Crippen LogP contribution in [0.3, 0.4) is 0 Å². The summed E-state index contributed by atoms with van der Waals surface area (Å²) in [5, 5.41) is 0. The fourth-order valence-electron chi connectivity index (χ4n) is 3.36. The molecule has 0 bridgehead atoms. The van der Waals surface area contributed by atoms with Crippen LogP contribution in [0.2, 0.25) is 0 Å². The summed E-state index contributed by atoms with van der Waals surface area (Å²) in [7, 11) is 0. The zero-order valence-corrected chi connectivity index (χ0v) is 10.7. The van der Waals surface area contributed by atoms with E-state index in [1.807, 2.05) is 0 Å². The number of ether oxygens (including phenoxy) is 1. The third-order valence-corrected chi connectivity index (χ3v) is 4.62. The molecule has 0 aromatic rings. The number of hydrogen-bond donors (Lipinski definition) is 1. The van der Waals surface area contributed by atoms with Crippen LogP contribution in [-0.4, -0.2) is 18.2 Å². The summed E-state index contributed by atoms with van der Waals surface area (Å²) in [6.07, 6.45) is 11.8. The van der Waals surface area contributed by atoms with Gasteiger partial charge in [-0.15, -0.1) is 0 Å². The molecule has 0 heterocycles. The molecule has 0 aliphatic heterocycles. The van der Waals surface area contributed by atoms with Crippen molar-refractivity contribution in [1.29, 1.82) is 0 Å². The summed E-state index contributed by atoms with van der Waals surface area (Å²) in [4.78, 5) is 0. The first-order valence-electron chi connectivity index (χ1n) is 7.16. The van der Waals surface area contributed by atoms with Crippen LogP contribution in [0.1, 0.15) is 64.7 Å². The molecule has 2 heteroatoms. The van der Waals surface area contributed by atoms with E-state index in [2.05, 4.69) is 6.92 Å². The Kier molecular flexibility index (Phi) is 4.26. The van der Waals surface area contributed by atoms with Crippen molar-refractivity contribution in [2.45, 2.75) is 76.4 Å². The lowest BCUT2D eigenvalue weighted by Gasteiger charge is -2.43. The van der Waals surface area contributed by atoms with Gasteiger partial charge < -0.3 is 10.5 Å². The first-order valence-corrected chi connectivity index (χ1v) is 7.16. The van der Waals surface area contributed by atoms with Crippen LogP contribution < -0.4 is 5.73 Å². The van der Waals surface area contributed by atoms with Gasteiger partial charge in [-0.25, -0.2) is 0 Å². The van der Waals surface area contributed by atoms with Crippen LogP contribution in [-0.2, 0) is 4.74 Å². The summed E-state index contributed by atoms with van der Waals surface area (Å²) in [6, 6.07) is 0.276. The SMILES string of the molecule is CCOC1(C(N)CC2CCC2)CCCCC1. The zero-order chi connectivity index (χ0) is 11.4. The Hall–Kier alpha value is -0.0800. The molecule has 94 valence electrons. The minimum Gasteiger partial charge on any atom is -0.374 e. The summed E-state index contributed by atoms with van der Waals surface area (Å²) in [5.41, 5.74) is 6.49. The number of hydrogen-bond acceptors (Lipinski definition) is 2. The Morgan fingerprint density at radius 1 is 1.19 bits per heavy atom. The van der Waals surface area contributed by atoms with E-state index in [4.69, 9.17) is 10.5 Å². The maximum atomic E-state index is 6.45. The molecular formula is C14H27NO. The molecule has 2 rings (SSSR count). The van der Waals surface area contributed by atoms with Gasteiger partial charge >= 0.3 is 0 Å². The number of rotatable bonds is 5. The topological polar surface area (TPSA) is 35.2 Å². The molecule has 1 unspecified atom stereocenters. The average molecular weight is 225 g/mol. The van der Waals surface area contributed by atoms with E-state index in [1.165, 1.54) is 57.8 Å². The Bertz CT molecular complexity index is 201. The standard InChI is InChI=1S/C14H27NO/c1-2-16-14(9-4-3-5-10-14)13(15)11-12-7-6-8-12/h12-13H,2-11,15H2,1H3. The Labute approximate surface area is 99.9 Å². The highest BCUT2D eigenvalue weighted by molar-refractivity contribution is 4.95. The van der Waals surface area contributed by atoms with Gasteiger partial charge in [-0.3, -0.25) is 0 Å². The first-order chi connectivity index (χ1) is 7.77. The molecule has 0 spiro atoms. The Morgan fingerprint density at radius 2 is 1.88 bits per heavy atom. The monoisotopic (exact) mass is 225 g/mol. The normalized spacial score (nSPS) is 27.4. The van der Waals surface area contributed by atoms with Gasteiger partial charge in [-0.1, -0.05) is 38.5 Å². The third kappa shape index (κ3) is 2.60. The molecular weight excluding hydrogens is 198 g/mol. The highest BCUT2D eigenvalue weighted by atomic mass is 16.5. The fraction of sp³-hybridized carbons (Fsp3) is 1.00. The maximum Gasteiger partial charge on any atom is 0.0832 e. The van der Waals surface area contributed by atoms with Crippen molar-refractivity contribution < 1.29 is 4.74 Å². The van der Waals surface area contributed by atoms with Crippen molar-refractivity contribution >= 4 is 0 Å². The molecule has 0 aromatic carbocycles. The molecule has 2 saturated carbocycles. The van der Waals surface area contributed by atoms with E-state index < -0.39 is 0 Å². The van der Waals surface area contributed by atoms with E-state index in [9.17, 15) is 0 Å². The van der Waals surface area contributed by atoms with E-state index in [0.717, 1.165) is 12.5 Å². The van der Waals surface area contributed by atoms with Gasteiger partial charge in [-0.2, -0.15) is 0 Å². The largest absolute Gasteiger partial charge is 0.374 e. The summed E-state index contributed by atoms with van der Waals surface area (Å²) in [5.74, 6) is 0.897. The van der Waals surface area contributed by atoms with Crippen LogP contribution in [0.25, 0.3) is 0 Å². The fourth-order valence-corrected chi connectivity index (χ4v) is 3.36. The molecule has 0 radical (unpaired) electrons. The summed E-state index contributed by atoms with van der Waals surface area (Å²) < 4.78 is 6.08. The van der Waals surface area contributed by atoms with Crippen LogP contribution in [0.15, 0.2) is 0 Å². The van der Waals surface area contributed by atoms with Crippen molar-refractivity contribution in [3.05, 3.63) is 0 Å². The molecule has 2 aliphatic carbocycles. The molecule has 0 aromatic heterocycles. The lowest BCUT2D eigenvalue weighted by atomic mass is 9.72. The molecule has 2 fully saturated rings. The third-order valence-electron chi connectivity index (χ3n) is 4.62. The van der Waals surface area contributed by atoms with Gasteiger partial charge in [-0.05, 0) is 32.1 Å². The molecule has 0 amide bonds. The molecule has 2 aliphatic rings. The van der Waals surface area contributed by atoms with E-state index in [0.29, 0.717) is 0 Å². The van der Waals surface area contributed by atoms with Crippen molar-refractivity contribution in [3.8, 4) is 0 Å². The van der Waals surface area contributed by atoms with Gasteiger partial charge in [0, 0.05) is 12.6 Å². The zero-order valence-electron chi connectivity index (χ0n) is 10.7. The lowest BCUT2D eigenvalue weighted by Crippen LogP contribution is -2.52. The van der Waals surface area contributed by atoms with Gasteiger partial charge in [0.2, 0.25) is 0 Å². The van der Waals surface area contributed by atoms with Gasteiger partial charge in [0.05, 0.1) is 5.60 Å². The smallest absolute Gasteiger partial charge is 0.0832 e. The van der Waals surface area contributed by atoms with Crippen LogP contribution in [0.4, 0.5) is 0 Å². The Balaban J connectivity index is 1.92. The van der Waals surface area contributed by atoms with E-state index in [1.54, 1.807) is 0 Å². The summed E-state index contributed by atoms with van der Waals surface area (Å²) in [6.45, 7) is 2.92. The van der Waals surface area contributed by atoms with Crippen LogP contribution in [0.5, 0.6) is 0 Å². The quantitative estimate of drug-likeness (QED) is 0.779. The van der Waals surface area contributed by atoms with Gasteiger partial charge in [0.25, 0.3) is 0 Å². The van der Waals surface area contributed by atoms with Crippen molar-refractivity contribution in [1.82, 2.24) is 0 Å². The predicted octanol–water partition coefficient (Wildman–Crippen LogP) is 3.24. The van der Waals surface area contributed by atoms with Crippen LogP contribution >= 0.6 is 0 Å². The second-order valence-corrected chi connectivity index (χ2v) is 5.70. The van der Waals surface area contributed by atoms with Crippen molar-refractivity contribution in [2.75, 3.05) is 6.61 Å². The molecule has 1 atom stereocenters. The molecule has 2 nitrogen and oxygen atoms in total. The maximum absolute atomic E-state index is 6.45. The van der Waals surface area contributed by atoms with Gasteiger partial charge in [0.15, 0.2) is 0 Å². The van der Waals surface area contributed by atoms with Crippen molar-refractivity contribution in [2.24, 2.45) is 11.7 Å². The number of nitrogens with two attached hydrogens (primary N) is 1. The van der Waals surface area contributed by atoms with E-state index >= 15 is 0 Å². The van der Waals surface area contributed by atoms with Crippen molar-refractivity contribution in [3.63, 3.8) is 0 Å². The highest BCUT2D eigenvalue weighted by Gasteiger charge is 2.40. The molecule has 0 saturated heterocycles. The lowest BCUT2D eigenvalue weighted by molar-refractivity contribution is -0.0876. The average Bonchev–Trinajstić information content (AvgIpc) is 2.25. The molecule has 2 N–H and O–H groups in total. The van der Waals surface area contributed by atoms with E-state index in [-0.39, 0.29) is 11.6 Å². The highest BCUT2D eigenvalue weighted by Crippen LogP contribution is 2.39. The predicted molar refractivity (Wildman–Crippen MR) is 67.4 cm³/mol.